The maximum Gasteiger partial charge on any atom is 0.397 e. The summed E-state index contributed by atoms with van der Waals surface area (Å²) in [5.41, 5.74) is 0. The molecular weight excluding hydrogens is 801 g/mol. The number of hydrogen-bond donors (Lipinski definition) is 4. The molecule has 0 spiro atoms. The molecule has 0 aliphatic carbocycles. The van der Waals surface area contributed by atoms with E-state index in [1.165, 1.54) is 51.4 Å². The van der Waals surface area contributed by atoms with E-state index in [-0.39, 0.29) is 19.6 Å². The van der Waals surface area contributed by atoms with Crippen LogP contribution in [0.5, 0.6) is 0 Å². The monoisotopic (exact) mass is 883 g/mol. The molecule has 352 valence electrons. The fraction of sp³-hybridized carbons (Fsp3) is 0.729. The second kappa shape index (κ2) is 39.2. The van der Waals surface area contributed by atoms with Crippen molar-refractivity contribution in [2.24, 2.45) is 0 Å². The van der Waals surface area contributed by atoms with Crippen LogP contribution in [0.3, 0.4) is 0 Å². The maximum absolute atomic E-state index is 12.8. The number of hydrogen-bond acceptors (Lipinski definition) is 11. The van der Waals surface area contributed by atoms with Crippen LogP contribution in [0.2, 0.25) is 0 Å². The summed E-state index contributed by atoms with van der Waals surface area (Å²) in [7, 11) is -5.07. The predicted octanol–water partition coefficient (Wildman–Crippen LogP) is 9.91. The lowest BCUT2D eigenvalue weighted by atomic mass is 9.99. The van der Waals surface area contributed by atoms with E-state index in [4.69, 9.17) is 23.5 Å². The van der Waals surface area contributed by atoms with Crippen molar-refractivity contribution in [2.75, 3.05) is 26.4 Å². The first-order chi connectivity index (χ1) is 29.6. The van der Waals surface area contributed by atoms with Crippen molar-refractivity contribution >= 4 is 16.4 Å². The van der Waals surface area contributed by atoms with Gasteiger partial charge in [0.1, 0.15) is 30.5 Å². The molecule has 0 aromatic heterocycles. The highest BCUT2D eigenvalue weighted by molar-refractivity contribution is 7.80. The maximum atomic E-state index is 12.8. The second-order valence-corrected chi connectivity index (χ2v) is 16.7. The van der Waals surface area contributed by atoms with Crippen LogP contribution in [0, 0.1) is 0 Å². The Morgan fingerprint density at radius 3 is 1.64 bits per heavy atom. The molecule has 6 unspecified atom stereocenters. The zero-order valence-corrected chi connectivity index (χ0v) is 38.3. The Hall–Kier alpha value is -2.46. The Morgan fingerprint density at radius 2 is 1.13 bits per heavy atom. The van der Waals surface area contributed by atoms with Gasteiger partial charge in [-0.15, -0.1) is 0 Å². The normalized spacial score (nSPS) is 20.8. The van der Waals surface area contributed by atoms with E-state index in [2.05, 4.69) is 90.9 Å². The van der Waals surface area contributed by atoms with E-state index in [1.807, 2.05) is 0 Å². The Balaban J connectivity index is 2.43. The van der Waals surface area contributed by atoms with Gasteiger partial charge in [-0.2, -0.15) is 8.42 Å². The van der Waals surface area contributed by atoms with Gasteiger partial charge in [0.2, 0.25) is 0 Å². The lowest BCUT2D eigenvalue weighted by molar-refractivity contribution is -0.301. The van der Waals surface area contributed by atoms with Crippen molar-refractivity contribution in [3.63, 3.8) is 0 Å². The third-order valence-corrected chi connectivity index (χ3v) is 10.6. The van der Waals surface area contributed by atoms with Crippen LogP contribution < -0.4 is 0 Å². The quantitative estimate of drug-likeness (QED) is 0.0199. The number of ether oxygens (including phenoxy) is 4. The Bertz CT molecular complexity index is 1340. The van der Waals surface area contributed by atoms with Crippen LogP contribution in [0.15, 0.2) is 72.9 Å². The molecule has 0 saturated carbocycles. The Labute approximate surface area is 369 Å². The summed E-state index contributed by atoms with van der Waals surface area (Å²) in [5.74, 6) is -0.415. The number of carbonyl (C=O) groups is 1. The van der Waals surface area contributed by atoms with Gasteiger partial charge in [0.15, 0.2) is 6.29 Å². The molecule has 0 bridgehead atoms. The summed E-state index contributed by atoms with van der Waals surface area (Å²) in [4.78, 5) is 12.8. The molecule has 1 fully saturated rings. The Morgan fingerprint density at radius 1 is 0.639 bits per heavy atom. The van der Waals surface area contributed by atoms with Crippen molar-refractivity contribution in [3.05, 3.63) is 72.9 Å². The van der Waals surface area contributed by atoms with Crippen LogP contribution >= 0.6 is 0 Å². The van der Waals surface area contributed by atoms with Crippen LogP contribution in [0.1, 0.15) is 162 Å². The highest BCUT2D eigenvalue weighted by Gasteiger charge is 2.48. The summed E-state index contributed by atoms with van der Waals surface area (Å²) in [5, 5.41) is 30.7. The summed E-state index contributed by atoms with van der Waals surface area (Å²) in [6.07, 6.45) is 40.8. The molecule has 61 heavy (non-hydrogen) atoms. The first-order valence-electron chi connectivity index (χ1n) is 23.2. The van der Waals surface area contributed by atoms with Gasteiger partial charge in [-0.1, -0.05) is 164 Å². The third-order valence-electron chi connectivity index (χ3n) is 10.1. The average molecular weight is 883 g/mol. The highest BCUT2D eigenvalue weighted by atomic mass is 32.3. The van der Waals surface area contributed by atoms with Crippen molar-refractivity contribution in [1.29, 1.82) is 0 Å². The van der Waals surface area contributed by atoms with Gasteiger partial charge in [-0.3, -0.25) is 9.35 Å². The minimum Gasteiger partial charge on any atom is -0.457 e. The molecule has 13 heteroatoms. The van der Waals surface area contributed by atoms with E-state index in [1.54, 1.807) is 0 Å². The van der Waals surface area contributed by atoms with Crippen LogP contribution in [0.4, 0.5) is 0 Å². The largest absolute Gasteiger partial charge is 0.457 e. The van der Waals surface area contributed by atoms with Gasteiger partial charge in [0.05, 0.1) is 19.8 Å². The van der Waals surface area contributed by atoms with Gasteiger partial charge in [-0.25, -0.2) is 4.18 Å². The molecule has 0 amide bonds. The van der Waals surface area contributed by atoms with E-state index in [0.29, 0.717) is 13.0 Å². The molecular formula is C48H82O12S. The molecule has 0 radical (unpaired) electrons. The summed E-state index contributed by atoms with van der Waals surface area (Å²) >= 11 is 0. The van der Waals surface area contributed by atoms with Gasteiger partial charge < -0.3 is 34.3 Å². The summed E-state index contributed by atoms with van der Waals surface area (Å²) in [6.45, 7) is 3.77. The smallest absolute Gasteiger partial charge is 0.397 e. The van der Waals surface area contributed by atoms with Crippen LogP contribution in [-0.4, -0.2) is 97.5 Å². The molecule has 12 nitrogen and oxygen atoms in total. The number of unbranched alkanes of at least 4 members (excludes halogenated alkanes) is 14. The number of esters is 1. The lowest BCUT2D eigenvalue weighted by Crippen LogP contribution is -2.60. The van der Waals surface area contributed by atoms with Gasteiger partial charge >= 0.3 is 16.4 Å². The highest BCUT2D eigenvalue weighted by Crippen LogP contribution is 2.26. The summed E-state index contributed by atoms with van der Waals surface area (Å²) < 4.78 is 59.0. The van der Waals surface area contributed by atoms with E-state index >= 15 is 0 Å². The number of aliphatic hydroxyl groups excluding tert-OH is 3. The number of aliphatic hydroxyl groups is 3. The minimum absolute atomic E-state index is 0.0111. The third kappa shape index (κ3) is 32.8. The topological polar surface area (TPSA) is 178 Å². The van der Waals surface area contributed by atoms with Gasteiger partial charge in [0, 0.05) is 13.0 Å². The van der Waals surface area contributed by atoms with E-state index < -0.39 is 59.8 Å². The molecule has 0 aromatic carbocycles. The van der Waals surface area contributed by atoms with Gasteiger partial charge in [0.25, 0.3) is 0 Å². The Kier molecular flexibility index (Phi) is 36.3. The fourth-order valence-electron chi connectivity index (χ4n) is 6.62. The zero-order chi connectivity index (χ0) is 44.7. The minimum atomic E-state index is -5.07. The average Bonchev–Trinajstić information content (AvgIpc) is 3.23. The van der Waals surface area contributed by atoms with E-state index in [9.17, 15) is 28.5 Å². The van der Waals surface area contributed by atoms with Crippen LogP contribution in [-0.2, 0) is 38.3 Å². The van der Waals surface area contributed by atoms with Crippen molar-refractivity contribution < 1.29 is 56.2 Å². The molecule has 0 aromatic rings. The lowest BCUT2D eigenvalue weighted by Gasteiger charge is -2.41. The zero-order valence-electron chi connectivity index (χ0n) is 37.4. The molecule has 4 N–H and O–H groups in total. The van der Waals surface area contributed by atoms with Crippen molar-refractivity contribution in [1.82, 2.24) is 0 Å². The van der Waals surface area contributed by atoms with Gasteiger partial charge in [-0.05, 0) is 64.2 Å². The fourth-order valence-corrected chi connectivity index (χ4v) is 7.12. The predicted molar refractivity (Wildman–Crippen MR) is 243 cm³/mol. The van der Waals surface area contributed by atoms with Crippen LogP contribution in [0.25, 0.3) is 0 Å². The molecule has 1 aliphatic heterocycles. The number of rotatable bonds is 39. The molecule has 1 saturated heterocycles. The molecule has 1 heterocycles. The molecule has 1 rings (SSSR count). The first kappa shape index (κ1) is 56.6. The van der Waals surface area contributed by atoms with Crippen molar-refractivity contribution in [3.8, 4) is 0 Å². The molecule has 1 aliphatic rings. The number of allylic oxidation sites excluding steroid dienone is 12. The van der Waals surface area contributed by atoms with E-state index in [0.717, 1.165) is 83.5 Å². The second-order valence-electron chi connectivity index (χ2n) is 15.6. The SMILES string of the molecule is CC/C=C\C/C=C\C/C=C\C/C=C\C/C=C\C/C=C\CCCCCOCC(COC1OC(CO)C(O)C(OS(=O)(=O)O)C1O)OC(=O)CCCCCCCCCCCCCC. The number of carbonyl (C=O) groups excluding carboxylic acids is 1. The summed E-state index contributed by atoms with van der Waals surface area (Å²) in [6, 6.07) is 0. The first-order valence-corrected chi connectivity index (χ1v) is 24.6. The standard InChI is InChI=1S/C48H82O12S/c1-3-5-7-9-11-13-15-17-18-19-20-21-22-23-24-25-26-28-30-32-34-36-38-56-40-42(58-44(50)37-35-33-31-29-27-16-14-12-10-8-6-4-2)41-57-48-46(52)47(60-61(53,54)55)45(51)43(39-49)59-48/h5,7,11,13,17-18,20-21,23-24,26,28,42-43,45-49,51-52H,3-4,6,8-10,12,14-16,19,22,25,27,29-41H2,1-2H3,(H,53,54,55)/b7-5-,13-11-,18-17-,21-20-,24-23-,28-26-. The van der Waals surface area contributed by atoms with Crippen molar-refractivity contribution in [2.45, 2.75) is 198 Å². The molecule has 6 atom stereocenters.